The number of rotatable bonds is 5. The number of aromatic amines is 1. The van der Waals surface area contributed by atoms with E-state index < -0.39 is 0 Å². The molecule has 0 aliphatic heterocycles. The van der Waals surface area contributed by atoms with Gasteiger partial charge in [0.15, 0.2) is 0 Å². The molecule has 3 aromatic rings. The third kappa shape index (κ3) is 3.56. The van der Waals surface area contributed by atoms with Gasteiger partial charge in [0.05, 0.1) is 17.8 Å². The summed E-state index contributed by atoms with van der Waals surface area (Å²) >= 11 is 0. The van der Waals surface area contributed by atoms with E-state index in [0.29, 0.717) is 29.8 Å². The van der Waals surface area contributed by atoms with Crippen LogP contribution in [0.3, 0.4) is 0 Å². The van der Waals surface area contributed by atoms with E-state index in [1.807, 2.05) is 31.2 Å². The first-order chi connectivity index (χ1) is 11.5. The van der Waals surface area contributed by atoms with Gasteiger partial charge in [0.2, 0.25) is 5.91 Å². The topological polar surface area (TPSA) is 54.1 Å². The minimum absolute atomic E-state index is 0.163. The number of carbonyl (C=O) groups excluding carboxylic acids is 1. The maximum atomic E-state index is 14.2. The highest BCUT2D eigenvalue weighted by atomic mass is 19.1. The van der Waals surface area contributed by atoms with Gasteiger partial charge in [-0.3, -0.25) is 4.79 Å². The van der Waals surface area contributed by atoms with Crippen LogP contribution in [-0.2, 0) is 11.2 Å². The van der Waals surface area contributed by atoms with Crippen molar-refractivity contribution in [1.29, 1.82) is 0 Å². The fourth-order valence-corrected chi connectivity index (χ4v) is 2.59. The van der Waals surface area contributed by atoms with E-state index in [4.69, 9.17) is 4.74 Å². The number of nitrogens with one attached hydrogen (secondary N) is 2. The van der Waals surface area contributed by atoms with E-state index >= 15 is 0 Å². The van der Waals surface area contributed by atoms with Crippen LogP contribution in [0.25, 0.3) is 10.9 Å². The van der Waals surface area contributed by atoms with Crippen LogP contribution < -0.4 is 10.1 Å². The predicted octanol–water partition coefficient (Wildman–Crippen LogP) is 4.20. The molecule has 2 N–H and O–H groups in total. The van der Waals surface area contributed by atoms with Crippen LogP contribution in [0.4, 0.5) is 10.1 Å². The molecule has 0 aliphatic rings. The molecule has 0 radical (unpaired) electrons. The Hall–Kier alpha value is -2.82. The zero-order valence-electron chi connectivity index (χ0n) is 13.7. The molecule has 1 amide bonds. The number of aryl methyl sites for hydroxylation is 1. The number of fused-ring (bicyclic) bond motifs is 1. The lowest BCUT2D eigenvalue weighted by molar-refractivity contribution is -0.114. The van der Waals surface area contributed by atoms with Gasteiger partial charge in [-0.05, 0) is 36.8 Å². The summed E-state index contributed by atoms with van der Waals surface area (Å²) in [4.78, 5) is 14.2. The number of hydrogen-bond acceptors (Lipinski definition) is 2. The molecule has 1 aromatic heterocycles. The lowest BCUT2D eigenvalue weighted by Crippen LogP contribution is -2.05. The molecule has 124 valence electrons. The third-order valence-corrected chi connectivity index (χ3v) is 3.82. The maximum Gasteiger partial charge on any atom is 0.221 e. The highest BCUT2D eigenvalue weighted by molar-refractivity contribution is 6.01. The first-order valence-electron chi connectivity index (χ1n) is 7.79. The minimum atomic E-state index is -0.286. The number of amides is 1. The van der Waals surface area contributed by atoms with Crippen LogP contribution in [0, 0.1) is 12.7 Å². The van der Waals surface area contributed by atoms with Crippen LogP contribution in [0.5, 0.6) is 5.75 Å². The normalized spacial score (nSPS) is 10.8. The van der Waals surface area contributed by atoms with Crippen molar-refractivity contribution in [3.8, 4) is 5.75 Å². The zero-order valence-corrected chi connectivity index (χ0v) is 13.7. The van der Waals surface area contributed by atoms with Gasteiger partial charge in [-0.2, -0.15) is 0 Å². The molecule has 0 bridgehead atoms. The molecule has 0 fully saturated rings. The number of ether oxygens (including phenoxy) is 1. The number of aromatic nitrogens is 1. The van der Waals surface area contributed by atoms with E-state index in [0.717, 1.165) is 16.7 Å². The van der Waals surface area contributed by atoms with Crippen molar-refractivity contribution in [2.24, 2.45) is 0 Å². The smallest absolute Gasteiger partial charge is 0.221 e. The molecule has 4 nitrogen and oxygen atoms in total. The summed E-state index contributed by atoms with van der Waals surface area (Å²) in [5.74, 6) is 0.318. The van der Waals surface area contributed by atoms with Crippen molar-refractivity contribution in [1.82, 2.24) is 4.98 Å². The van der Waals surface area contributed by atoms with Gasteiger partial charge in [-0.1, -0.05) is 17.7 Å². The molecule has 24 heavy (non-hydrogen) atoms. The summed E-state index contributed by atoms with van der Waals surface area (Å²) in [6, 6.07) is 10.9. The van der Waals surface area contributed by atoms with E-state index in [1.165, 1.54) is 13.0 Å². The Morgan fingerprint density at radius 3 is 2.71 bits per heavy atom. The van der Waals surface area contributed by atoms with Crippen LogP contribution in [0.2, 0.25) is 0 Å². The van der Waals surface area contributed by atoms with E-state index in [9.17, 15) is 9.18 Å². The molecule has 0 saturated carbocycles. The second kappa shape index (κ2) is 6.74. The number of hydrogen-bond donors (Lipinski definition) is 2. The average Bonchev–Trinajstić information content (AvgIpc) is 2.90. The van der Waals surface area contributed by atoms with Crippen molar-refractivity contribution < 1.29 is 13.9 Å². The molecule has 1 heterocycles. The zero-order chi connectivity index (χ0) is 17.1. The fourth-order valence-electron chi connectivity index (χ4n) is 2.59. The molecule has 0 saturated heterocycles. The number of halogens is 1. The highest BCUT2D eigenvalue weighted by Crippen LogP contribution is 2.26. The largest absolute Gasteiger partial charge is 0.493 e. The second-order valence-electron chi connectivity index (χ2n) is 5.78. The number of anilines is 1. The Morgan fingerprint density at radius 1 is 1.25 bits per heavy atom. The van der Waals surface area contributed by atoms with Gasteiger partial charge >= 0.3 is 0 Å². The van der Waals surface area contributed by atoms with Crippen molar-refractivity contribution in [3.63, 3.8) is 0 Å². The molecule has 2 aromatic carbocycles. The van der Waals surface area contributed by atoms with E-state index in [-0.39, 0.29) is 11.7 Å². The molecular formula is C19H19FN2O2. The molecular weight excluding hydrogens is 307 g/mol. The SMILES string of the molecule is CC(=O)Nc1c[nH]c2cc(F)c(CCOc3ccc(C)cc3)cc12. The number of H-pyrrole nitrogens is 1. The Morgan fingerprint density at radius 2 is 2.00 bits per heavy atom. The van der Waals surface area contributed by atoms with Crippen molar-refractivity contribution in [2.75, 3.05) is 11.9 Å². The summed E-state index contributed by atoms with van der Waals surface area (Å²) in [5.41, 5.74) is 3.02. The second-order valence-corrected chi connectivity index (χ2v) is 5.78. The Labute approximate surface area is 139 Å². The highest BCUT2D eigenvalue weighted by Gasteiger charge is 2.10. The van der Waals surface area contributed by atoms with E-state index in [1.54, 1.807) is 12.3 Å². The summed E-state index contributed by atoms with van der Waals surface area (Å²) < 4.78 is 19.9. The summed E-state index contributed by atoms with van der Waals surface area (Å²) in [6.45, 7) is 3.84. The first kappa shape index (κ1) is 16.1. The van der Waals surface area contributed by atoms with Crippen molar-refractivity contribution >= 4 is 22.5 Å². The Kier molecular flexibility index (Phi) is 4.51. The molecule has 0 atom stereocenters. The third-order valence-electron chi connectivity index (χ3n) is 3.82. The summed E-state index contributed by atoms with van der Waals surface area (Å²) in [7, 11) is 0. The van der Waals surface area contributed by atoms with Gasteiger partial charge in [-0.15, -0.1) is 0 Å². The van der Waals surface area contributed by atoms with Crippen molar-refractivity contribution in [2.45, 2.75) is 20.3 Å². The van der Waals surface area contributed by atoms with Crippen LogP contribution in [0.1, 0.15) is 18.1 Å². The van der Waals surface area contributed by atoms with Gasteiger partial charge < -0.3 is 15.0 Å². The maximum absolute atomic E-state index is 14.2. The lowest BCUT2D eigenvalue weighted by atomic mass is 10.1. The predicted molar refractivity (Wildman–Crippen MR) is 92.9 cm³/mol. The monoisotopic (exact) mass is 326 g/mol. The summed E-state index contributed by atoms with van der Waals surface area (Å²) in [5, 5.41) is 3.53. The molecule has 0 aliphatic carbocycles. The Bertz CT molecular complexity index is 869. The fraction of sp³-hybridized carbons (Fsp3) is 0.211. The number of benzene rings is 2. The summed E-state index contributed by atoms with van der Waals surface area (Å²) in [6.07, 6.45) is 2.11. The van der Waals surface area contributed by atoms with Crippen LogP contribution in [0.15, 0.2) is 42.6 Å². The average molecular weight is 326 g/mol. The Balaban J connectivity index is 1.74. The minimum Gasteiger partial charge on any atom is -0.493 e. The van der Waals surface area contributed by atoms with Gasteiger partial charge in [0.1, 0.15) is 11.6 Å². The van der Waals surface area contributed by atoms with Crippen LogP contribution >= 0.6 is 0 Å². The molecule has 3 rings (SSSR count). The van der Waals surface area contributed by atoms with Gasteiger partial charge in [0.25, 0.3) is 0 Å². The standard InChI is InChI=1S/C19H19FN2O2/c1-12-3-5-15(6-4-12)24-8-7-14-9-16-18(10-17(14)20)21-11-19(16)22-13(2)23/h3-6,9-11,21H,7-8H2,1-2H3,(H,22,23). The first-order valence-corrected chi connectivity index (χ1v) is 7.79. The number of carbonyl (C=O) groups is 1. The molecule has 5 heteroatoms. The van der Waals surface area contributed by atoms with E-state index in [2.05, 4.69) is 10.3 Å². The van der Waals surface area contributed by atoms with Crippen LogP contribution in [-0.4, -0.2) is 17.5 Å². The van der Waals surface area contributed by atoms with Gasteiger partial charge in [0, 0.05) is 24.9 Å². The molecule has 0 unspecified atom stereocenters. The molecule has 0 spiro atoms. The van der Waals surface area contributed by atoms with Gasteiger partial charge in [-0.25, -0.2) is 4.39 Å². The lowest BCUT2D eigenvalue weighted by Gasteiger charge is -2.08. The quantitative estimate of drug-likeness (QED) is 0.738. The van der Waals surface area contributed by atoms with Crippen molar-refractivity contribution in [3.05, 3.63) is 59.5 Å².